The van der Waals surface area contributed by atoms with Gasteiger partial charge in [0.15, 0.2) is 5.78 Å². The van der Waals surface area contributed by atoms with Gasteiger partial charge in [-0.3, -0.25) is 4.79 Å². The van der Waals surface area contributed by atoms with Gasteiger partial charge in [0, 0.05) is 11.1 Å². The van der Waals surface area contributed by atoms with E-state index >= 15 is 0 Å². The van der Waals surface area contributed by atoms with Crippen molar-refractivity contribution in [1.82, 2.24) is 0 Å². The standard InChI is InChI=1S/C11H10O2/c1-7-9(11(13)10(7)12)8-5-3-2-4-6-8/h2-6,11,13H,1H3. The van der Waals surface area contributed by atoms with Gasteiger partial charge >= 0.3 is 0 Å². The lowest BCUT2D eigenvalue weighted by Crippen LogP contribution is -2.33. The quantitative estimate of drug-likeness (QED) is 0.698. The lowest BCUT2D eigenvalue weighted by molar-refractivity contribution is -0.122. The van der Waals surface area contributed by atoms with Crippen molar-refractivity contribution in [3.63, 3.8) is 0 Å². The minimum Gasteiger partial charge on any atom is -0.380 e. The Kier molecular flexibility index (Phi) is 1.78. The number of aliphatic hydroxyl groups excluding tert-OH is 1. The highest BCUT2D eigenvalue weighted by molar-refractivity contribution is 6.20. The van der Waals surface area contributed by atoms with Crippen LogP contribution in [0, 0.1) is 0 Å². The molecule has 1 aliphatic carbocycles. The van der Waals surface area contributed by atoms with Crippen LogP contribution < -0.4 is 0 Å². The van der Waals surface area contributed by atoms with Crippen LogP contribution in [0.1, 0.15) is 12.5 Å². The van der Waals surface area contributed by atoms with Gasteiger partial charge in [0.25, 0.3) is 0 Å². The second-order valence-electron chi connectivity index (χ2n) is 3.17. The minimum absolute atomic E-state index is 0.154. The molecule has 0 saturated heterocycles. The summed E-state index contributed by atoms with van der Waals surface area (Å²) in [6.07, 6.45) is -0.901. The van der Waals surface area contributed by atoms with Gasteiger partial charge in [0.1, 0.15) is 6.10 Å². The van der Waals surface area contributed by atoms with Crippen LogP contribution in [0.5, 0.6) is 0 Å². The normalized spacial score (nSPS) is 21.7. The molecule has 0 bridgehead atoms. The van der Waals surface area contributed by atoms with E-state index in [1.807, 2.05) is 30.3 Å². The average molecular weight is 174 g/mol. The molecular formula is C11H10O2. The summed E-state index contributed by atoms with van der Waals surface area (Å²) in [4.78, 5) is 11.0. The third-order valence-corrected chi connectivity index (χ3v) is 2.38. The van der Waals surface area contributed by atoms with Gasteiger partial charge < -0.3 is 5.11 Å². The van der Waals surface area contributed by atoms with E-state index in [9.17, 15) is 9.90 Å². The summed E-state index contributed by atoms with van der Waals surface area (Å²) in [6.45, 7) is 1.75. The van der Waals surface area contributed by atoms with Crippen molar-refractivity contribution in [2.45, 2.75) is 13.0 Å². The number of benzene rings is 1. The van der Waals surface area contributed by atoms with Gasteiger partial charge in [-0.05, 0) is 12.5 Å². The summed E-state index contributed by atoms with van der Waals surface area (Å²) < 4.78 is 0. The van der Waals surface area contributed by atoms with Crippen molar-refractivity contribution in [1.29, 1.82) is 0 Å². The number of rotatable bonds is 1. The Bertz CT molecular complexity index is 376. The van der Waals surface area contributed by atoms with E-state index < -0.39 is 6.10 Å². The summed E-state index contributed by atoms with van der Waals surface area (Å²) in [6, 6.07) is 9.49. The second kappa shape index (κ2) is 2.82. The predicted molar refractivity (Wildman–Crippen MR) is 50.0 cm³/mol. The third kappa shape index (κ3) is 1.11. The molecule has 2 nitrogen and oxygen atoms in total. The maximum Gasteiger partial charge on any atom is 0.191 e. The van der Waals surface area contributed by atoms with Gasteiger partial charge in [-0.1, -0.05) is 30.3 Å². The molecule has 1 atom stereocenters. The Labute approximate surface area is 76.5 Å². The third-order valence-electron chi connectivity index (χ3n) is 2.38. The first-order valence-corrected chi connectivity index (χ1v) is 4.20. The zero-order valence-corrected chi connectivity index (χ0v) is 7.32. The number of carbonyl (C=O) groups is 1. The fraction of sp³-hybridized carbons (Fsp3) is 0.182. The van der Waals surface area contributed by atoms with Crippen molar-refractivity contribution in [2.75, 3.05) is 0 Å². The summed E-state index contributed by atoms with van der Waals surface area (Å²) in [5, 5.41) is 9.39. The number of hydrogen-bond acceptors (Lipinski definition) is 2. The van der Waals surface area contributed by atoms with Crippen LogP contribution in [0.3, 0.4) is 0 Å². The van der Waals surface area contributed by atoms with E-state index in [0.717, 1.165) is 11.1 Å². The molecule has 1 aromatic carbocycles. The molecule has 2 rings (SSSR count). The molecule has 0 aliphatic heterocycles. The highest BCUT2D eigenvalue weighted by Crippen LogP contribution is 2.32. The zero-order chi connectivity index (χ0) is 9.42. The molecule has 1 N–H and O–H groups in total. The molecule has 1 aromatic rings. The van der Waals surface area contributed by atoms with Gasteiger partial charge in [-0.15, -0.1) is 0 Å². The number of ketones is 1. The van der Waals surface area contributed by atoms with Crippen LogP contribution in [0.15, 0.2) is 35.9 Å². The topological polar surface area (TPSA) is 37.3 Å². The molecule has 1 aliphatic rings. The molecule has 13 heavy (non-hydrogen) atoms. The van der Waals surface area contributed by atoms with E-state index in [4.69, 9.17) is 0 Å². The van der Waals surface area contributed by atoms with Crippen molar-refractivity contribution < 1.29 is 9.90 Å². The number of hydrogen-bond donors (Lipinski definition) is 1. The molecule has 0 amide bonds. The fourth-order valence-electron chi connectivity index (χ4n) is 1.59. The number of Topliss-reactive ketones (excluding diaryl/α,β-unsaturated/α-hetero) is 1. The van der Waals surface area contributed by atoms with E-state index in [0.29, 0.717) is 5.57 Å². The van der Waals surface area contributed by atoms with Gasteiger partial charge in [-0.2, -0.15) is 0 Å². The SMILES string of the molecule is CC1=C(c2ccccc2)C(O)C1=O. The lowest BCUT2D eigenvalue weighted by Gasteiger charge is -2.26. The van der Waals surface area contributed by atoms with Gasteiger partial charge in [0.2, 0.25) is 0 Å². The van der Waals surface area contributed by atoms with Crippen LogP contribution in [0.25, 0.3) is 5.57 Å². The smallest absolute Gasteiger partial charge is 0.191 e. The van der Waals surface area contributed by atoms with E-state index in [1.54, 1.807) is 6.92 Å². The molecule has 0 aromatic heterocycles. The highest BCUT2D eigenvalue weighted by Gasteiger charge is 2.34. The lowest BCUT2D eigenvalue weighted by atomic mass is 9.81. The summed E-state index contributed by atoms with van der Waals surface area (Å²) in [7, 11) is 0. The molecule has 0 fully saturated rings. The maximum absolute atomic E-state index is 11.0. The first-order valence-electron chi connectivity index (χ1n) is 4.20. The van der Waals surface area contributed by atoms with Crippen LogP contribution in [-0.2, 0) is 4.79 Å². The fourth-order valence-corrected chi connectivity index (χ4v) is 1.59. The van der Waals surface area contributed by atoms with Crippen molar-refractivity contribution in [3.8, 4) is 0 Å². The van der Waals surface area contributed by atoms with E-state index in [-0.39, 0.29) is 5.78 Å². The molecule has 0 heterocycles. The van der Waals surface area contributed by atoms with Crippen LogP contribution in [0.2, 0.25) is 0 Å². The molecule has 66 valence electrons. The molecule has 0 radical (unpaired) electrons. The Morgan fingerprint density at radius 1 is 1.23 bits per heavy atom. The van der Waals surface area contributed by atoms with Crippen molar-refractivity contribution >= 4 is 11.4 Å². The van der Waals surface area contributed by atoms with Crippen molar-refractivity contribution in [3.05, 3.63) is 41.5 Å². The predicted octanol–water partition coefficient (Wildman–Crippen LogP) is 1.40. The van der Waals surface area contributed by atoms with E-state index in [1.165, 1.54) is 0 Å². The maximum atomic E-state index is 11.0. The van der Waals surface area contributed by atoms with Gasteiger partial charge in [-0.25, -0.2) is 0 Å². The van der Waals surface area contributed by atoms with Crippen LogP contribution in [0.4, 0.5) is 0 Å². The summed E-state index contributed by atoms with van der Waals surface area (Å²) in [5.74, 6) is -0.154. The zero-order valence-electron chi connectivity index (χ0n) is 7.32. The average Bonchev–Trinajstić information content (AvgIpc) is 2.19. The molecule has 0 spiro atoms. The molecule has 1 unspecified atom stereocenters. The van der Waals surface area contributed by atoms with Crippen molar-refractivity contribution in [2.24, 2.45) is 0 Å². The Hall–Kier alpha value is -1.41. The summed E-state index contributed by atoms with van der Waals surface area (Å²) >= 11 is 0. The Morgan fingerprint density at radius 3 is 2.38 bits per heavy atom. The van der Waals surface area contributed by atoms with Gasteiger partial charge in [0.05, 0.1) is 0 Å². The Balaban J connectivity index is 2.45. The molecule has 2 heteroatoms. The molecular weight excluding hydrogens is 164 g/mol. The highest BCUT2D eigenvalue weighted by atomic mass is 16.3. The number of aliphatic hydroxyl groups is 1. The monoisotopic (exact) mass is 174 g/mol. The minimum atomic E-state index is -0.901. The second-order valence-corrected chi connectivity index (χ2v) is 3.17. The largest absolute Gasteiger partial charge is 0.380 e. The summed E-state index contributed by atoms with van der Waals surface area (Å²) in [5.41, 5.74) is 2.39. The number of carbonyl (C=O) groups excluding carboxylic acids is 1. The first kappa shape index (κ1) is 8.20. The first-order chi connectivity index (χ1) is 6.22. The Morgan fingerprint density at radius 2 is 1.85 bits per heavy atom. The van der Waals surface area contributed by atoms with E-state index in [2.05, 4.69) is 0 Å². The van der Waals surface area contributed by atoms with Crippen LogP contribution >= 0.6 is 0 Å². The van der Waals surface area contributed by atoms with Crippen LogP contribution in [-0.4, -0.2) is 17.0 Å². The molecule has 0 saturated carbocycles.